The zero-order valence-corrected chi connectivity index (χ0v) is 27.0. The van der Waals surface area contributed by atoms with E-state index in [-0.39, 0.29) is 39.3 Å². The summed E-state index contributed by atoms with van der Waals surface area (Å²) in [6.07, 6.45) is 0.156. The van der Waals surface area contributed by atoms with Crippen LogP contribution in [0.3, 0.4) is 0 Å². The lowest BCUT2D eigenvalue weighted by atomic mass is 10.0. The smallest absolute Gasteiger partial charge is 0.264 e. The number of nitrogens with zero attached hydrogens (tertiary/aromatic N) is 2. The molecule has 0 aliphatic rings. The van der Waals surface area contributed by atoms with Crippen LogP contribution in [0.5, 0.6) is 5.75 Å². The molecule has 4 rings (SSSR count). The number of carbonyl (C=O) groups is 2. The van der Waals surface area contributed by atoms with Crippen LogP contribution < -0.4 is 14.4 Å². The molecule has 44 heavy (non-hydrogen) atoms. The van der Waals surface area contributed by atoms with Crippen molar-refractivity contribution in [3.63, 3.8) is 0 Å². The number of nitrogens with one attached hydrogen (secondary N) is 1. The third-order valence-electron chi connectivity index (χ3n) is 6.89. The Morgan fingerprint density at radius 3 is 2.09 bits per heavy atom. The molecular weight excluding hydrogens is 645 g/mol. The summed E-state index contributed by atoms with van der Waals surface area (Å²) in [5.74, 6) is -0.923. The van der Waals surface area contributed by atoms with Gasteiger partial charge in [-0.15, -0.1) is 0 Å². The molecule has 1 N–H and O–H groups in total. The Morgan fingerprint density at radius 2 is 1.48 bits per heavy atom. The van der Waals surface area contributed by atoms with Crippen LogP contribution in [-0.4, -0.2) is 51.9 Å². The standard InChI is InChI=1S/C32H30Cl3N3O5S/c1-36-32(40)29(17-22-9-5-3-6-10-22)37(20-23-13-14-24(33)18-27(23)35)31(39)21-38(28-19-25(34)15-16-30(28)43-2)44(41,42)26-11-7-4-8-12-26/h3-16,18-19,29H,17,20-21H2,1-2H3,(H,36,40)/t29-/m0/s1. The number of ether oxygens (including phenoxy) is 1. The Morgan fingerprint density at radius 1 is 0.864 bits per heavy atom. The summed E-state index contributed by atoms with van der Waals surface area (Å²) in [6.45, 7) is -0.785. The van der Waals surface area contributed by atoms with Crippen molar-refractivity contribution in [1.82, 2.24) is 10.2 Å². The van der Waals surface area contributed by atoms with E-state index in [1.54, 1.807) is 36.4 Å². The van der Waals surface area contributed by atoms with Gasteiger partial charge in [0.25, 0.3) is 10.0 Å². The molecule has 0 unspecified atom stereocenters. The number of anilines is 1. The Balaban J connectivity index is 1.85. The second-order valence-electron chi connectivity index (χ2n) is 9.72. The highest BCUT2D eigenvalue weighted by Gasteiger charge is 2.35. The number of carbonyl (C=O) groups excluding carboxylic acids is 2. The van der Waals surface area contributed by atoms with Gasteiger partial charge in [-0.3, -0.25) is 13.9 Å². The molecule has 230 valence electrons. The molecule has 0 heterocycles. The first-order chi connectivity index (χ1) is 21.0. The van der Waals surface area contributed by atoms with E-state index in [1.165, 1.54) is 49.4 Å². The van der Waals surface area contributed by atoms with Crippen LogP contribution in [0.2, 0.25) is 15.1 Å². The number of halogens is 3. The quantitative estimate of drug-likeness (QED) is 0.192. The van der Waals surface area contributed by atoms with Crippen LogP contribution in [-0.2, 0) is 32.6 Å². The molecule has 12 heteroatoms. The lowest BCUT2D eigenvalue weighted by molar-refractivity contribution is -0.139. The molecule has 0 saturated carbocycles. The second-order valence-corrected chi connectivity index (χ2v) is 12.9. The zero-order valence-electron chi connectivity index (χ0n) is 23.9. The van der Waals surface area contributed by atoms with E-state index >= 15 is 0 Å². The average Bonchev–Trinajstić information content (AvgIpc) is 3.02. The highest BCUT2D eigenvalue weighted by molar-refractivity contribution is 7.92. The summed E-state index contributed by atoms with van der Waals surface area (Å²) in [7, 11) is -1.47. The predicted molar refractivity (Wildman–Crippen MR) is 174 cm³/mol. The molecule has 8 nitrogen and oxygen atoms in total. The lowest BCUT2D eigenvalue weighted by Gasteiger charge is -2.34. The highest BCUT2D eigenvalue weighted by Crippen LogP contribution is 2.35. The number of methoxy groups -OCH3 is 1. The van der Waals surface area contributed by atoms with Crippen LogP contribution >= 0.6 is 34.8 Å². The zero-order chi connectivity index (χ0) is 31.9. The average molecular weight is 675 g/mol. The van der Waals surface area contributed by atoms with Gasteiger partial charge in [0.1, 0.15) is 18.3 Å². The molecule has 0 aromatic heterocycles. The predicted octanol–water partition coefficient (Wildman–Crippen LogP) is 6.24. The largest absolute Gasteiger partial charge is 0.495 e. The van der Waals surface area contributed by atoms with E-state index in [9.17, 15) is 18.0 Å². The third kappa shape index (κ3) is 7.84. The van der Waals surface area contributed by atoms with Gasteiger partial charge in [0.2, 0.25) is 11.8 Å². The molecule has 0 bridgehead atoms. The topological polar surface area (TPSA) is 96.0 Å². The van der Waals surface area contributed by atoms with Gasteiger partial charge in [0, 0.05) is 35.1 Å². The SMILES string of the molecule is CNC(=O)[C@H](Cc1ccccc1)N(Cc1ccc(Cl)cc1Cl)C(=O)CN(c1cc(Cl)ccc1OC)S(=O)(=O)c1ccccc1. The minimum atomic E-state index is -4.33. The van der Waals surface area contributed by atoms with Crippen LogP contribution in [0.4, 0.5) is 5.69 Å². The summed E-state index contributed by atoms with van der Waals surface area (Å²) in [5, 5.41) is 3.56. The third-order valence-corrected chi connectivity index (χ3v) is 9.49. The Kier molecular flexibility index (Phi) is 11.2. The number of rotatable bonds is 12. The minimum absolute atomic E-state index is 0.0470. The molecule has 0 fully saturated rings. The maximum Gasteiger partial charge on any atom is 0.264 e. The molecule has 1 atom stereocenters. The lowest BCUT2D eigenvalue weighted by Crippen LogP contribution is -2.53. The van der Waals surface area contributed by atoms with E-state index in [1.807, 2.05) is 30.3 Å². The summed E-state index contributed by atoms with van der Waals surface area (Å²) in [4.78, 5) is 29.1. The minimum Gasteiger partial charge on any atom is -0.495 e. The van der Waals surface area contributed by atoms with E-state index in [0.717, 1.165) is 9.87 Å². The van der Waals surface area contributed by atoms with Crippen molar-refractivity contribution < 1.29 is 22.7 Å². The highest BCUT2D eigenvalue weighted by atomic mass is 35.5. The second kappa shape index (κ2) is 14.8. The number of likely N-dealkylation sites (N-methyl/N-ethyl adjacent to an activating group) is 1. The van der Waals surface area contributed by atoms with Crippen molar-refractivity contribution >= 4 is 62.3 Å². The summed E-state index contributed by atoms with van der Waals surface area (Å²) >= 11 is 18.9. The molecule has 0 aliphatic heterocycles. The first-order valence-corrected chi connectivity index (χ1v) is 16.0. The van der Waals surface area contributed by atoms with Gasteiger partial charge < -0.3 is 15.0 Å². The first-order valence-electron chi connectivity index (χ1n) is 13.5. The maximum absolute atomic E-state index is 14.4. The first kappa shape index (κ1) is 33.1. The van der Waals surface area contributed by atoms with E-state index in [4.69, 9.17) is 39.5 Å². The molecule has 0 aliphatic carbocycles. The van der Waals surface area contributed by atoms with Gasteiger partial charge >= 0.3 is 0 Å². The molecule has 0 radical (unpaired) electrons. The number of benzene rings is 4. The summed E-state index contributed by atoms with van der Waals surface area (Å²) < 4.78 is 34.6. The molecule has 0 saturated heterocycles. The Labute approximate surface area is 272 Å². The van der Waals surface area contributed by atoms with Gasteiger partial charge in [-0.25, -0.2) is 8.42 Å². The number of sulfonamides is 1. The van der Waals surface area contributed by atoms with E-state index in [2.05, 4.69) is 5.32 Å². The van der Waals surface area contributed by atoms with Gasteiger partial charge in [-0.2, -0.15) is 0 Å². The Hall–Kier alpha value is -3.76. The fraction of sp³-hybridized carbons (Fsp3) is 0.188. The van der Waals surface area contributed by atoms with E-state index in [0.29, 0.717) is 10.6 Å². The van der Waals surface area contributed by atoms with Crippen LogP contribution in [0.25, 0.3) is 0 Å². The Bertz CT molecular complexity index is 1720. The van der Waals surface area contributed by atoms with Gasteiger partial charge in [-0.1, -0.05) is 89.4 Å². The van der Waals surface area contributed by atoms with Gasteiger partial charge in [-0.05, 0) is 53.6 Å². The van der Waals surface area contributed by atoms with Crippen molar-refractivity contribution in [3.05, 3.63) is 123 Å². The van der Waals surface area contributed by atoms with Gasteiger partial charge in [0.05, 0.1) is 17.7 Å². The fourth-order valence-corrected chi connectivity index (χ4v) is 6.72. The normalized spacial score (nSPS) is 11.8. The van der Waals surface area contributed by atoms with Crippen LogP contribution in [0.15, 0.2) is 102 Å². The molecule has 0 spiro atoms. The monoisotopic (exact) mass is 673 g/mol. The summed E-state index contributed by atoms with van der Waals surface area (Å²) in [6, 6.07) is 25.2. The fourth-order valence-electron chi connectivity index (χ4n) is 4.65. The van der Waals surface area contributed by atoms with Crippen molar-refractivity contribution in [2.75, 3.05) is 25.0 Å². The number of hydrogen-bond donors (Lipinski definition) is 1. The molecule has 4 aromatic rings. The molecule has 4 aromatic carbocycles. The van der Waals surface area contributed by atoms with Gasteiger partial charge in [0.15, 0.2) is 0 Å². The van der Waals surface area contributed by atoms with Crippen molar-refractivity contribution in [2.24, 2.45) is 0 Å². The van der Waals surface area contributed by atoms with Crippen molar-refractivity contribution in [1.29, 1.82) is 0 Å². The van der Waals surface area contributed by atoms with Crippen molar-refractivity contribution in [2.45, 2.75) is 23.9 Å². The van der Waals surface area contributed by atoms with Crippen LogP contribution in [0.1, 0.15) is 11.1 Å². The van der Waals surface area contributed by atoms with E-state index < -0.39 is 34.4 Å². The summed E-state index contributed by atoms with van der Waals surface area (Å²) in [5.41, 5.74) is 1.37. The molecule has 2 amide bonds. The maximum atomic E-state index is 14.4. The number of hydrogen-bond acceptors (Lipinski definition) is 5. The van der Waals surface area contributed by atoms with Crippen LogP contribution in [0, 0.1) is 0 Å². The molecular formula is C32H30Cl3N3O5S. The van der Waals surface area contributed by atoms with Crippen molar-refractivity contribution in [3.8, 4) is 5.75 Å². The number of amides is 2.